The lowest BCUT2D eigenvalue weighted by Gasteiger charge is -2.47. The standard InChI is InChI=1S/C31H48N2O4Si/c1-23(2)26(37-38(9,10)29(3,4)5)31(8,32-21-24-17-13-11-14-18-24)27(34)33-30(6,7)28(35)36-22-25-19-15-12-16-20-25/h11-20,23,26,32H,21-22H2,1-10H3,(H,33,34)/t26-,31+/m0/s1. The maximum atomic E-state index is 14.1. The fourth-order valence-electron chi connectivity index (χ4n) is 3.97. The Hall–Kier alpha value is -2.48. The molecule has 0 bridgehead atoms. The van der Waals surface area contributed by atoms with Gasteiger partial charge in [0, 0.05) is 6.54 Å². The first-order valence-electron chi connectivity index (χ1n) is 13.5. The van der Waals surface area contributed by atoms with E-state index in [-0.39, 0.29) is 23.5 Å². The number of carbonyl (C=O) groups excluding carboxylic acids is 2. The number of rotatable bonds is 12. The van der Waals surface area contributed by atoms with Gasteiger partial charge in [0.05, 0.1) is 6.10 Å². The highest BCUT2D eigenvalue weighted by atomic mass is 28.4. The summed E-state index contributed by atoms with van der Waals surface area (Å²) in [6.45, 7) is 21.0. The molecular weight excluding hydrogens is 492 g/mol. The first-order chi connectivity index (χ1) is 17.5. The molecule has 0 radical (unpaired) electrons. The van der Waals surface area contributed by atoms with E-state index in [9.17, 15) is 9.59 Å². The average molecular weight is 541 g/mol. The van der Waals surface area contributed by atoms with Crippen molar-refractivity contribution in [3.05, 3.63) is 71.8 Å². The normalized spacial score (nSPS) is 15.0. The summed E-state index contributed by atoms with van der Waals surface area (Å²) in [4.78, 5) is 27.2. The molecule has 0 saturated heterocycles. The molecule has 1 amide bonds. The topological polar surface area (TPSA) is 76.7 Å². The maximum Gasteiger partial charge on any atom is 0.331 e. The third kappa shape index (κ3) is 8.26. The van der Waals surface area contributed by atoms with Gasteiger partial charge in [0.15, 0.2) is 8.32 Å². The lowest BCUT2D eigenvalue weighted by Crippen LogP contribution is -2.68. The Kier molecular flexibility index (Phi) is 10.5. The molecule has 0 aliphatic rings. The van der Waals surface area contributed by atoms with Crippen LogP contribution in [0.1, 0.15) is 66.5 Å². The summed E-state index contributed by atoms with van der Waals surface area (Å²) in [7, 11) is -2.24. The van der Waals surface area contributed by atoms with Crippen LogP contribution in [-0.2, 0) is 31.9 Å². The van der Waals surface area contributed by atoms with E-state index in [1.54, 1.807) is 13.8 Å². The van der Waals surface area contributed by atoms with Crippen LogP contribution in [0.4, 0.5) is 0 Å². The minimum absolute atomic E-state index is 0.0303. The molecule has 2 aromatic carbocycles. The van der Waals surface area contributed by atoms with Crippen molar-refractivity contribution in [1.82, 2.24) is 10.6 Å². The van der Waals surface area contributed by atoms with Gasteiger partial charge in [-0.3, -0.25) is 10.1 Å². The van der Waals surface area contributed by atoms with Crippen molar-refractivity contribution in [3.8, 4) is 0 Å². The van der Waals surface area contributed by atoms with Crippen molar-refractivity contribution >= 4 is 20.2 Å². The van der Waals surface area contributed by atoms with E-state index < -0.39 is 31.5 Å². The smallest absolute Gasteiger partial charge is 0.331 e. The largest absolute Gasteiger partial charge is 0.459 e. The molecule has 0 saturated carbocycles. The van der Waals surface area contributed by atoms with Crippen LogP contribution in [-0.4, -0.2) is 37.4 Å². The van der Waals surface area contributed by atoms with Gasteiger partial charge in [-0.25, -0.2) is 4.79 Å². The van der Waals surface area contributed by atoms with Crippen molar-refractivity contribution in [2.45, 2.75) is 104 Å². The van der Waals surface area contributed by atoms with Crippen molar-refractivity contribution < 1.29 is 18.8 Å². The van der Waals surface area contributed by atoms with Crippen LogP contribution in [0.3, 0.4) is 0 Å². The first-order valence-corrected chi connectivity index (χ1v) is 16.4. The van der Waals surface area contributed by atoms with Crippen LogP contribution in [0.15, 0.2) is 60.7 Å². The lowest BCUT2D eigenvalue weighted by molar-refractivity contribution is -0.155. The van der Waals surface area contributed by atoms with E-state index in [1.165, 1.54) is 0 Å². The number of esters is 1. The number of hydrogen-bond acceptors (Lipinski definition) is 5. The molecule has 0 heterocycles. The summed E-state index contributed by atoms with van der Waals surface area (Å²) in [6, 6.07) is 19.5. The summed E-state index contributed by atoms with van der Waals surface area (Å²) >= 11 is 0. The number of carbonyl (C=O) groups is 2. The van der Waals surface area contributed by atoms with Gasteiger partial charge in [-0.15, -0.1) is 0 Å². The zero-order valence-corrected chi connectivity index (χ0v) is 26.0. The quantitative estimate of drug-likeness (QED) is 0.247. The molecule has 0 fully saturated rings. The molecule has 2 rings (SSSR count). The number of ether oxygens (including phenoxy) is 1. The minimum Gasteiger partial charge on any atom is -0.459 e. The Morgan fingerprint density at radius 2 is 1.34 bits per heavy atom. The van der Waals surface area contributed by atoms with Gasteiger partial charge in [0.25, 0.3) is 0 Å². The summed E-state index contributed by atoms with van der Waals surface area (Å²) in [5, 5.41) is 6.48. The molecule has 7 heteroatoms. The highest BCUT2D eigenvalue weighted by Crippen LogP contribution is 2.40. The van der Waals surface area contributed by atoms with E-state index in [2.05, 4.69) is 58.3 Å². The van der Waals surface area contributed by atoms with Crippen molar-refractivity contribution in [3.63, 3.8) is 0 Å². The van der Waals surface area contributed by atoms with E-state index in [1.807, 2.05) is 67.6 Å². The van der Waals surface area contributed by atoms with E-state index in [4.69, 9.17) is 9.16 Å². The summed E-state index contributed by atoms with van der Waals surface area (Å²) in [5.74, 6) is -0.754. The fourth-order valence-corrected chi connectivity index (χ4v) is 5.47. The second-order valence-corrected chi connectivity index (χ2v) is 17.5. The Morgan fingerprint density at radius 1 is 0.842 bits per heavy atom. The molecule has 0 unspecified atom stereocenters. The highest BCUT2D eigenvalue weighted by Gasteiger charge is 2.50. The van der Waals surface area contributed by atoms with Crippen LogP contribution in [0.25, 0.3) is 0 Å². The summed E-state index contributed by atoms with van der Waals surface area (Å²) < 4.78 is 12.5. The van der Waals surface area contributed by atoms with Gasteiger partial charge in [-0.2, -0.15) is 0 Å². The van der Waals surface area contributed by atoms with Gasteiger partial charge >= 0.3 is 5.97 Å². The van der Waals surface area contributed by atoms with E-state index in [0.717, 1.165) is 11.1 Å². The molecular formula is C31H48N2O4Si. The summed E-state index contributed by atoms with van der Waals surface area (Å²) in [6.07, 6.45) is -0.428. The van der Waals surface area contributed by atoms with Gasteiger partial charge in [-0.1, -0.05) is 95.3 Å². The van der Waals surface area contributed by atoms with Crippen LogP contribution >= 0.6 is 0 Å². The molecule has 0 aliphatic heterocycles. The Balaban J connectivity index is 2.34. The summed E-state index contributed by atoms with van der Waals surface area (Å²) in [5.41, 5.74) is -0.404. The Morgan fingerprint density at radius 3 is 1.82 bits per heavy atom. The zero-order valence-electron chi connectivity index (χ0n) is 25.0. The molecule has 0 spiro atoms. The molecule has 210 valence electrons. The molecule has 38 heavy (non-hydrogen) atoms. The first kappa shape index (κ1) is 31.7. The monoisotopic (exact) mass is 540 g/mol. The number of benzene rings is 2. The number of nitrogens with one attached hydrogen (secondary N) is 2. The molecule has 0 aliphatic carbocycles. The van der Waals surface area contributed by atoms with Crippen LogP contribution < -0.4 is 10.6 Å². The van der Waals surface area contributed by atoms with Crippen LogP contribution in [0.2, 0.25) is 18.1 Å². The average Bonchev–Trinajstić information content (AvgIpc) is 2.84. The van der Waals surface area contributed by atoms with Gasteiger partial charge in [-0.05, 0) is 55.9 Å². The van der Waals surface area contributed by atoms with Gasteiger partial charge in [0.1, 0.15) is 17.7 Å². The van der Waals surface area contributed by atoms with Crippen molar-refractivity contribution in [1.29, 1.82) is 0 Å². The molecule has 2 atom stereocenters. The third-order valence-corrected chi connectivity index (χ3v) is 12.0. The molecule has 0 aromatic heterocycles. The lowest BCUT2D eigenvalue weighted by atomic mass is 9.85. The number of hydrogen-bond donors (Lipinski definition) is 2. The predicted octanol–water partition coefficient (Wildman–Crippen LogP) is 6.22. The number of amides is 1. The molecule has 2 N–H and O–H groups in total. The fraction of sp³-hybridized carbons (Fsp3) is 0.548. The highest BCUT2D eigenvalue weighted by molar-refractivity contribution is 6.74. The van der Waals surface area contributed by atoms with E-state index in [0.29, 0.717) is 6.54 Å². The Labute approximate surface area is 231 Å². The minimum atomic E-state index is -2.24. The van der Waals surface area contributed by atoms with Crippen LogP contribution in [0, 0.1) is 5.92 Å². The Bertz CT molecular complexity index is 1050. The van der Waals surface area contributed by atoms with Gasteiger partial charge in [0.2, 0.25) is 5.91 Å². The third-order valence-electron chi connectivity index (χ3n) is 7.53. The molecule has 6 nitrogen and oxygen atoms in total. The van der Waals surface area contributed by atoms with Crippen LogP contribution in [0.5, 0.6) is 0 Å². The van der Waals surface area contributed by atoms with Crippen molar-refractivity contribution in [2.24, 2.45) is 5.92 Å². The second-order valence-electron chi connectivity index (χ2n) is 12.7. The van der Waals surface area contributed by atoms with Gasteiger partial charge < -0.3 is 14.5 Å². The zero-order chi connectivity index (χ0) is 28.8. The van der Waals surface area contributed by atoms with Crippen molar-refractivity contribution in [2.75, 3.05) is 0 Å². The second kappa shape index (κ2) is 12.6. The predicted molar refractivity (Wildman–Crippen MR) is 157 cm³/mol. The maximum absolute atomic E-state index is 14.1. The van der Waals surface area contributed by atoms with E-state index >= 15 is 0 Å². The molecule has 2 aromatic rings. The SMILES string of the molecule is CC(C)[C@H](O[Si](C)(C)C(C)(C)C)[C@@](C)(NCc1ccccc1)C(=O)NC(C)(C)C(=O)OCc1ccccc1.